The smallest absolute Gasteiger partial charge is 0.168 e. The highest BCUT2D eigenvalue weighted by Gasteiger charge is 2.01. The molecule has 78 valence electrons. The van der Waals surface area contributed by atoms with Gasteiger partial charge in [-0.05, 0) is 25.1 Å². The summed E-state index contributed by atoms with van der Waals surface area (Å²) in [6.07, 6.45) is 4.92. The van der Waals surface area contributed by atoms with Crippen molar-refractivity contribution in [3.05, 3.63) is 0 Å². The van der Waals surface area contributed by atoms with E-state index in [9.17, 15) is 0 Å². The fraction of sp³-hybridized carbons (Fsp3) is 0.900. The molecule has 0 aliphatic heterocycles. The van der Waals surface area contributed by atoms with Crippen LogP contribution in [0.25, 0.3) is 0 Å². The fourth-order valence-electron chi connectivity index (χ4n) is 1.07. The molecule has 0 saturated heterocycles. The number of rotatable bonds is 6. The minimum Gasteiger partial charge on any atom is -0.363 e. The van der Waals surface area contributed by atoms with Crippen molar-refractivity contribution in [3.63, 3.8) is 0 Å². The fourth-order valence-corrected chi connectivity index (χ4v) is 1.26. The average molecular weight is 202 g/mol. The van der Waals surface area contributed by atoms with Gasteiger partial charge in [-0.3, -0.25) is 0 Å². The molecule has 0 amide bonds. The zero-order chi connectivity index (χ0) is 10.1. The van der Waals surface area contributed by atoms with Crippen LogP contribution in [0.1, 0.15) is 39.5 Å². The van der Waals surface area contributed by atoms with E-state index in [4.69, 9.17) is 12.2 Å². The van der Waals surface area contributed by atoms with Crippen LogP contribution in [0.4, 0.5) is 0 Å². The second-order valence-corrected chi connectivity index (χ2v) is 3.75. The summed E-state index contributed by atoms with van der Waals surface area (Å²) in [6.45, 7) is 6.42. The molecular formula is C10H22N2S. The Balaban J connectivity index is 3.45. The summed E-state index contributed by atoms with van der Waals surface area (Å²) >= 11 is 5.21. The van der Waals surface area contributed by atoms with Crippen molar-refractivity contribution < 1.29 is 0 Å². The highest BCUT2D eigenvalue weighted by molar-refractivity contribution is 7.80. The first-order chi connectivity index (χ1) is 6.22. The Kier molecular flexibility index (Phi) is 8.10. The van der Waals surface area contributed by atoms with Crippen LogP contribution in [-0.4, -0.2) is 30.1 Å². The number of nitrogens with one attached hydrogen (secondary N) is 1. The van der Waals surface area contributed by atoms with Gasteiger partial charge in [0.25, 0.3) is 0 Å². The predicted octanol–water partition coefficient (Wildman–Crippen LogP) is 2.39. The SMILES string of the molecule is CCCCCN(C)C(=S)NCCC. The van der Waals surface area contributed by atoms with E-state index in [1.54, 1.807) is 0 Å². The number of hydrogen-bond acceptors (Lipinski definition) is 1. The van der Waals surface area contributed by atoms with Crippen LogP contribution in [0.15, 0.2) is 0 Å². The molecule has 0 aliphatic rings. The van der Waals surface area contributed by atoms with Gasteiger partial charge in [-0.15, -0.1) is 0 Å². The largest absolute Gasteiger partial charge is 0.363 e. The minimum atomic E-state index is 0.887. The Bertz CT molecular complexity index is 137. The first-order valence-electron chi connectivity index (χ1n) is 5.21. The summed E-state index contributed by atoms with van der Waals surface area (Å²) in [7, 11) is 2.06. The number of hydrogen-bond donors (Lipinski definition) is 1. The molecule has 0 fully saturated rings. The van der Waals surface area contributed by atoms with Crippen LogP contribution in [0.3, 0.4) is 0 Å². The van der Waals surface area contributed by atoms with Gasteiger partial charge in [0, 0.05) is 20.1 Å². The number of unbranched alkanes of at least 4 members (excludes halogenated alkanes) is 2. The molecule has 0 aromatic heterocycles. The van der Waals surface area contributed by atoms with Gasteiger partial charge in [-0.1, -0.05) is 26.7 Å². The molecule has 0 atom stereocenters. The summed E-state index contributed by atoms with van der Waals surface area (Å²) < 4.78 is 0. The van der Waals surface area contributed by atoms with Crippen molar-refractivity contribution in [1.82, 2.24) is 10.2 Å². The third-order valence-electron chi connectivity index (χ3n) is 1.97. The van der Waals surface area contributed by atoms with E-state index in [1.165, 1.54) is 19.3 Å². The van der Waals surface area contributed by atoms with E-state index in [-0.39, 0.29) is 0 Å². The van der Waals surface area contributed by atoms with Crippen LogP contribution >= 0.6 is 12.2 Å². The Morgan fingerprint density at radius 2 is 1.92 bits per heavy atom. The average Bonchev–Trinajstić information content (AvgIpc) is 2.14. The zero-order valence-corrected chi connectivity index (χ0v) is 9.91. The topological polar surface area (TPSA) is 15.3 Å². The summed E-state index contributed by atoms with van der Waals surface area (Å²) in [5.41, 5.74) is 0. The number of nitrogens with zero attached hydrogens (tertiary/aromatic N) is 1. The second kappa shape index (κ2) is 8.30. The molecule has 0 spiro atoms. The van der Waals surface area contributed by atoms with Crippen molar-refractivity contribution in [3.8, 4) is 0 Å². The van der Waals surface area contributed by atoms with Gasteiger partial charge < -0.3 is 10.2 Å². The standard InChI is InChI=1S/C10H22N2S/c1-4-6-7-9-12(3)10(13)11-8-5-2/h4-9H2,1-3H3,(H,11,13). The van der Waals surface area contributed by atoms with E-state index in [0.717, 1.165) is 24.6 Å². The predicted molar refractivity (Wildman–Crippen MR) is 63.0 cm³/mol. The Morgan fingerprint density at radius 3 is 2.46 bits per heavy atom. The number of thiocarbonyl (C=S) groups is 1. The summed E-state index contributed by atoms with van der Waals surface area (Å²) in [5, 5.41) is 4.10. The molecule has 0 heterocycles. The van der Waals surface area contributed by atoms with Gasteiger partial charge in [-0.2, -0.15) is 0 Å². The van der Waals surface area contributed by atoms with Gasteiger partial charge >= 0.3 is 0 Å². The maximum atomic E-state index is 5.21. The van der Waals surface area contributed by atoms with Crippen LogP contribution in [0.2, 0.25) is 0 Å². The summed E-state index contributed by atoms with van der Waals surface area (Å²) in [4.78, 5) is 2.13. The molecule has 2 nitrogen and oxygen atoms in total. The van der Waals surface area contributed by atoms with E-state index >= 15 is 0 Å². The summed E-state index contributed by atoms with van der Waals surface area (Å²) in [6, 6.07) is 0. The molecule has 3 heteroatoms. The lowest BCUT2D eigenvalue weighted by molar-refractivity contribution is 0.467. The maximum absolute atomic E-state index is 5.21. The molecule has 0 saturated carbocycles. The minimum absolute atomic E-state index is 0.887. The van der Waals surface area contributed by atoms with Gasteiger partial charge in [0.2, 0.25) is 0 Å². The molecule has 1 N–H and O–H groups in total. The van der Waals surface area contributed by atoms with Gasteiger partial charge in [0.05, 0.1) is 0 Å². The second-order valence-electron chi connectivity index (χ2n) is 3.36. The Labute approximate surface area is 87.7 Å². The van der Waals surface area contributed by atoms with Gasteiger partial charge in [-0.25, -0.2) is 0 Å². The van der Waals surface area contributed by atoms with E-state index in [2.05, 4.69) is 31.1 Å². The van der Waals surface area contributed by atoms with Gasteiger partial charge in [0.15, 0.2) is 5.11 Å². The zero-order valence-electron chi connectivity index (χ0n) is 9.10. The first kappa shape index (κ1) is 12.7. The molecule has 0 aliphatic carbocycles. The maximum Gasteiger partial charge on any atom is 0.168 e. The lowest BCUT2D eigenvalue weighted by Crippen LogP contribution is -2.37. The molecule has 0 bridgehead atoms. The van der Waals surface area contributed by atoms with Crippen molar-refractivity contribution in [2.45, 2.75) is 39.5 Å². The molecule has 0 aromatic rings. The highest BCUT2D eigenvalue weighted by atomic mass is 32.1. The van der Waals surface area contributed by atoms with Crippen molar-refractivity contribution >= 4 is 17.3 Å². The van der Waals surface area contributed by atoms with Crippen LogP contribution in [0, 0.1) is 0 Å². The quantitative estimate of drug-likeness (QED) is 0.526. The summed E-state index contributed by atoms with van der Waals surface area (Å²) in [5.74, 6) is 0. The third-order valence-corrected chi connectivity index (χ3v) is 2.43. The van der Waals surface area contributed by atoms with Crippen LogP contribution < -0.4 is 5.32 Å². The van der Waals surface area contributed by atoms with Crippen molar-refractivity contribution in [1.29, 1.82) is 0 Å². The molecule has 0 unspecified atom stereocenters. The lowest BCUT2D eigenvalue weighted by atomic mass is 10.2. The first-order valence-corrected chi connectivity index (χ1v) is 5.62. The molecule has 0 rings (SSSR count). The van der Waals surface area contributed by atoms with E-state index in [0.29, 0.717) is 0 Å². The van der Waals surface area contributed by atoms with Crippen LogP contribution in [0.5, 0.6) is 0 Å². The van der Waals surface area contributed by atoms with Gasteiger partial charge in [0.1, 0.15) is 0 Å². The normalized spacial score (nSPS) is 9.77. The highest BCUT2D eigenvalue weighted by Crippen LogP contribution is 1.96. The van der Waals surface area contributed by atoms with Crippen molar-refractivity contribution in [2.24, 2.45) is 0 Å². The monoisotopic (exact) mass is 202 g/mol. The molecule has 0 radical (unpaired) electrons. The van der Waals surface area contributed by atoms with E-state index < -0.39 is 0 Å². The molecule has 13 heavy (non-hydrogen) atoms. The van der Waals surface area contributed by atoms with Crippen LogP contribution in [-0.2, 0) is 0 Å². The third kappa shape index (κ3) is 6.82. The van der Waals surface area contributed by atoms with E-state index in [1.807, 2.05) is 0 Å². The molecular weight excluding hydrogens is 180 g/mol. The Morgan fingerprint density at radius 1 is 1.23 bits per heavy atom. The lowest BCUT2D eigenvalue weighted by Gasteiger charge is -2.20. The van der Waals surface area contributed by atoms with Crippen molar-refractivity contribution in [2.75, 3.05) is 20.1 Å². The molecule has 0 aromatic carbocycles. The Hall–Kier alpha value is -0.310.